The molecule has 0 aliphatic carbocycles. The molecule has 0 spiro atoms. The topological polar surface area (TPSA) is 68.0 Å². The summed E-state index contributed by atoms with van der Waals surface area (Å²) in [6, 6.07) is 16.9. The fraction of sp³-hybridized carbons (Fsp3) is 0.118. The largest absolute Gasteiger partial charge is 0.411 e. The predicted molar refractivity (Wildman–Crippen MR) is 97.8 cm³/mol. The fourth-order valence-corrected chi connectivity index (χ4v) is 3.11. The van der Waals surface area contributed by atoms with Gasteiger partial charge in [0.05, 0.1) is 10.8 Å². The Bertz CT molecular complexity index is 839. The Morgan fingerprint density at radius 3 is 2.58 bits per heavy atom. The van der Waals surface area contributed by atoms with Crippen LogP contribution in [0.5, 0.6) is 0 Å². The molecule has 122 valence electrons. The van der Waals surface area contributed by atoms with E-state index in [0.717, 1.165) is 15.7 Å². The number of thioether (sulfide) groups is 1. The smallest absolute Gasteiger partial charge is 0.277 e. The molecule has 0 aliphatic heterocycles. The molecule has 0 fully saturated rings. The van der Waals surface area contributed by atoms with E-state index in [1.54, 1.807) is 6.92 Å². The molecule has 1 unspecified atom stereocenters. The molecule has 1 atom stereocenters. The van der Waals surface area contributed by atoms with Crippen LogP contribution in [0.15, 0.2) is 68.7 Å². The lowest BCUT2D eigenvalue weighted by Gasteiger charge is -2.09. The minimum atomic E-state index is -0.363. The zero-order chi connectivity index (χ0) is 16.9. The van der Waals surface area contributed by atoms with Gasteiger partial charge in [-0.05, 0) is 47.1 Å². The van der Waals surface area contributed by atoms with Gasteiger partial charge in [0.2, 0.25) is 11.8 Å². The minimum Gasteiger partial charge on any atom is -0.411 e. The molecule has 1 N–H and O–H groups in total. The summed E-state index contributed by atoms with van der Waals surface area (Å²) >= 11 is 4.68. The first kappa shape index (κ1) is 16.7. The summed E-state index contributed by atoms with van der Waals surface area (Å²) < 4.78 is 6.53. The number of anilines is 1. The molecule has 0 aliphatic rings. The van der Waals surface area contributed by atoms with Crippen molar-refractivity contribution in [3.8, 4) is 11.5 Å². The van der Waals surface area contributed by atoms with Gasteiger partial charge in [0, 0.05) is 10.2 Å². The number of nitrogens with zero attached hydrogens (tertiary/aromatic N) is 2. The summed E-state index contributed by atoms with van der Waals surface area (Å²) in [5.41, 5.74) is 1.58. The molecule has 3 rings (SSSR count). The summed E-state index contributed by atoms with van der Waals surface area (Å²) in [4.78, 5) is 12.2. The molecule has 0 saturated carbocycles. The molecular formula is C17H14BrN3O2S. The van der Waals surface area contributed by atoms with Gasteiger partial charge in [0.25, 0.3) is 5.22 Å². The van der Waals surface area contributed by atoms with E-state index >= 15 is 0 Å². The van der Waals surface area contributed by atoms with Crippen LogP contribution in [0.3, 0.4) is 0 Å². The van der Waals surface area contributed by atoms with E-state index in [1.807, 2.05) is 54.6 Å². The Kier molecular flexibility index (Phi) is 5.32. The molecule has 5 nitrogen and oxygen atoms in total. The molecule has 0 radical (unpaired) electrons. The molecule has 7 heteroatoms. The van der Waals surface area contributed by atoms with Crippen molar-refractivity contribution in [3.63, 3.8) is 0 Å². The molecule has 1 heterocycles. The van der Waals surface area contributed by atoms with Crippen molar-refractivity contribution >= 4 is 39.3 Å². The standard InChI is InChI=1S/C17H14BrN3O2S/c1-11(15(22)19-12-7-3-2-4-8-12)24-17-21-20-16(23-17)13-9-5-6-10-14(13)18/h2-11H,1H3,(H,19,22). The lowest BCUT2D eigenvalue weighted by molar-refractivity contribution is -0.115. The van der Waals surface area contributed by atoms with Crippen LogP contribution in [-0.2, 0) is 4.79 Å². The van der Waals surface area contributed by atoms with Crippen LogP contribution in [0.25, 0.3) is 11.5 Å². The van der Waals surface area contributed by atoms with E-state index in [0.29, 0.717) is 11.1 Å². The molecule has 0 saturated heterocycles. The Hall–Kier alpha value is -2.12. The number of carbonyl (C=O) groups excluding carboxylic acids is 1. The van der Waals surface area contributed by atoms with Gasteiger partial charge in [-0.3, -0.25) is 4.79 Å². The van der Waals surface area contributed by atoms with Gasteiger partial charge in [0.1, 0.15) is 0 Å². The van der Waals surface area contributed by atoms with Crippen LogP contribution in [0, 0.1) is 0 Å². The molecule has 24 heavy (non-hydrogen) atoms. The predicted octanol–water partition coefficient (Wildman–Crippen LogP) is 4.62. The summed E-state index contributed by atoms with van der Waals surface area (Å²) in [5.74, 6) is 0.299. The summed E-state index contributed by atoms with van der Waals surface area (Å²) in [6.45, 7) is 1.80. The van der Waals surface area contributed by atoms with Crippen molar-refractivity contribution in [2.75, 3.05) is 5.32 Å². The number of rotatable bonds is 5. The van der Waals surface area contributed by atoms with Crippen molar-refractivity contribution in [1.29, 1.82) is 0 Å². The van der Waals surface area contributed by atoms with Crippen molar-refractivity contribution in [1.82, 2.24) is 10.2 Å². The van der Waals surface area contributed by atoms with Crippen molar-refractivity contribution in [3.05, 3.63) is 59.1 Å². The van der Waals surface area contributed by atoms with Gasteiger partial charge in [-0.2, -0.15) is 0 Å². The molecule has 0 bridgehead atoms. The highest BCUT2D eigenvalue weighted by molar-refractivity contribution is 9.10. The highest BCUT2D eigenvalue weighted by Crippen LogP contribution is 2.30. The first-order valence-corrected chi connectivity index (χ1v) is 8.92. The van der Waals surface area contributed by atoms with E-state index < -0.39 is 0 Å². The number of halogens is 1. The van der Waals surface area contributed by atoms with Crippen LogP contribution < -0.4 is 5.32 Å². The molecule has 2 aromatic carbocycles. The Labute approximate surface area is 152 Å². The second-order valence-corrected chi connectivity index (χ2v) is 7.11. The first-order valence-electron chi connectivity index (χ1n) is 7.24. The lowest BCUT2D eigenvalue weighted by Crippen LogP contribution is -2.22. The number of aromatic nitrogens is 2. The number of hydrogen-bond acceptors (Lipinski definition) is 5. The molecular weight excluding hydrogens is 390 g/mol. The van der Waals surface area contributed by atoms with E-state index in [2.05, 4.69) is 31.4 Å². The van der Waals surface area contributed by atoms with Crippen LogP contribution in [0.2, 0.25) is 0 Å². The zero-order valence-electron chi connectivity index (χ0n) is 12.8. The number of benzene rings is 2. The number of amides is 1. The maximum absolute atomic E-state index is 12.2. The Morgan fingerprint density at radius 1 is 1.12 bits per heavy atom. The number of hydrogen-bond donors (Lipinski definition) is 1. The fourth-order valence-electron chi connectivity index (χ4n) is 1.97. The second-order valence-electron chi connectivity index (χ2n) is 4.97. The summed E-state index contributed by atoms with van der Waals surface area (Å²) in [6.07, 6.45) is 0. The van der Waals surface area contributed by atoms with Gasteiger partial charge in [-0.25, -0.2) is 0 Å². The Morgan fingerprint density at radius 2 is 1.83 bits per heavy atom. The SMILES string of the molecule is CC(Sc1nnc(-c2ccccc2Br)o1)C(=O)Nc1ccccc1. The molecule has 3 aromatic rings. The number of nitrogens with one attached hydrogen (secondary N) is 1. The van der Waals surface area contributed by atoms with Gasteiger partial charge in [-0.1, -0.05) is 42.1 Å². The van der Waals surface area contributed by atoms with Crippen LogP contribution in [0.4, 0.5) is 5.69 Å². The maximum Gasteiger partial charge on any atom is 0.277 e. The molecule has 1 aromatic heterocycles. The van der Waals surface area contributed by atoms with Gasteiger partial charge in [-0.15, -0.1) is 10.2 Å². The van der Waals surface area contributed by atoms with Gasteiger partial charge >= 0.3 is 0 Å². The average Bonchev–Trinajstić information content (AvgIpc) is 3.04. The third-order valence-corrected chi connectivity index (χ3v) is 4.82. The van der Waals surface area contributed by atoms with Crippen molar-refractivity contribution in [2.24, 2.45) is 0 Å². The maximum atomic E-state index is 12.2. The van der Waals surface area contributed by atoms with E-state index in [-0.39, 0.29) is 11.2 Å². The van der Waals surface area contributed by atoms with Crippen LogP contribution in [-0.4, -0.2) is 21.4 Å². The minimum absolute atomic E-state index is 0.119. The second kappa shape index (κ2) is 7.63. The van der Waals surface area contributed by atoms with Crippen molar-refractivity contribution in [2.45, 2.75) is 17.4 Å². The third kappa shape index (κ3) is 4.04. The summed E-state index contributed by atoms with van der Waals surface area (Å²) in [7, 11) is 0. The van der Waals surface area contributed by atoms with Crippen LogP contribution in [0.1, 0.15) is 6.92 Å². The van der Waals surface area contributed by atoms with E-state index in [4.69, 9.17) is 4.42 Å². The molecule has 1 amide bonds. The zero-order valence-corrected chi connectivity index (χ0v) is 15.2. The van der Waals surface area contributed by atoms with E-state index in [1.165, 1.54) is 11.8 Å². The normalized spacial score (nSPS) is 11.9. The lowest BCUT2D eigenvalue weighted by atomic mass is 10.2. The van der Waals surface area contributed by atoms with Gasteiger partial charge < -0.3 is 9.73 Å². The van der Waals surface area contributed by atoms with Gasteiger partial charge in [0.15, 0.2) is 0 Å². The third-order valence-electron chi connectivity index (χ3n) is 3.20. The first-order chi connectivity index (χ1) is 11.6. The van der Waals surface area contributed by atoms with Crippen LogP contribution >= 0.6 is 27.7 Å². The highest BCUT2D eigenvalue weighted by atomic mass is 79.9. The summed E-state index contributed by atoms with van der Waals surface area (Å²) in [5, 5.41) is 10.9. The van der Waals surface area contributed by atoms with Crippen molar-refractivity contribution < 1.29 is 9.21 Å². The average molecular weight is 404 g/mol. The quantitative estimate of drug-likeness (QED) is 0.629. The monoisotopic (exact) mass is 403 g/mol. The Balaban J connectivity index is 1.66. The number of para-hydroxylation sites is 1. The van der Waals surface area contributed by atoms with E-state index in [9.17, 15) is 4.79 Å². The number of carbonyl (C=O) groups is 1. The highest BCUT2D eigenvalue weighted by Gasteiger charge is 2.19.